The van der Waals surface area contributed by atoms with Gasteiger partial charge in [0.1, 0.15) is 11.5 Å². The van der Waals surface area contributed by atoms with Crippen molar-refractivity contribution in [1.29, 1.82) is 0 Å². The standard InChI is InChI=1S/C15H14ClN3O4S/c1-22-10-4-6-14(23-2)13(8-10)18-15(24)17-12-5-3-9(19(20)21)7-11(12)16/h3-8H,1-2H3,(H2,17,18,24). The van der Waals surface area contributed by atoms with Crippen molar-refractivity contribution in [3.63, 3.8) is 0 Å². The van der Waals surface area contributed by atoms with Crippen LogP contribution in [-0.2, 0) is 0 Å². The van der Waals surface area contributed by atoms with E-state index in [2.05, 4.69) is 10.6 Å². The molecule has 2 aromatic rings. The van der Waals surface area contributed by atoms with Crippen molar-refractivity contribution in [2.24, 2.45) is 0 Å². The molecule has 0 amide bonds. The van der Waals surface area contributed by atoms with Gasteiger partial charge in [-0.1, -0.05) is 11.6 Å². The van der Waals surface area contributed by atoms with E-state index in [1.165, 1.54) is 25.3 Å². The van der Waals surface area contributed by atoms with Gasteiger partial charge in [-0.2, -0.15) is 0 Å². The summed E-state index contributed by atoms with van der Waals surface area (Å²) < 4.78 is 10.4. The van der Waals surface area contributed by atoms with E-state index < -0.39 is 4.92 Å². The maximum Gasteiger partial charge on any atom is 0.271 e. The molecule has 0 heterocycles. The van der Waals surface area contributed by atoms with Crippen molar-refractivity contribution in [1.82, 2.24) is 0 Å². The molecule has 0 aliphatic carbocycles. The maximum atomic E-state index is 10.7. The number of nitrogens with zero attached hydrogens (tertiary/aromatic N) is 1. The number of rotatable bonds is 5. The fraction of sp³-hybridized carbons (Fsp3) is 0.133. The van der Waals surface area contributed by atoms with E-state index in [0.717, 1.165) is 0 Å². The van der Waals surface area contributed by atoms with Crippen molar-refractivity contribution >= 4 is 46.0 Å². The van der Waals surface area contributed by atoms with Crippen molar-refractivity contribution in [3.05, 3.63) is 51.5 Å². The van der Waals surface area contributed by atoms with Crippen LogP contribution in [0.5, 0.6) is 11.5 Å². The van der Waals surface area contributed by atoms with Gasteiger partial charge in [-0.05, 0) is 30.4 Å². The van der Waals surface area contributed by atoms with Gasteiger partial charge in [0.2, 0.25) is 0 Å². The Morgan fingerprint density at radius 1 is 1.12 bits per heavy atom. The molecule has 0 radical (unpaired) electrons. The zero-order valence-corrected chi connectivity index (χ0v) is 14.4. The normalized spacial score (nSPS) is 9.96. The summed E-state index contributed by atoms with van der Waals surface area (Å²) in [6, 6.07) is 9.29. The Hall–Kier alpha value is -2.58. The molecule has 0 aliphatic heterocycles. The van der Waals surface area contributed by atoms with Gasteiger partial charge in [0, 0.05) is 18.2 Å². The van der Waals surface area contributed by atoms with Gasteiger partial charge in [-0.25, -0.2) is 0 Å². The Morgan fingerprint density at radius 2 is 1.83 bits per heavy atom. The highest BCUT2D eigenvalue weighted by Crippen LogP contribution is 2.30. The maximum absolute atomic E-state index is 10.7. The van der Waals surface area contributed by atoms with Crippen LogP contribution in [0.4, 0.5) is 17.1 Å². The van der Waals surface area contributed by atoms with E-state index in [0.29, 0.717) is 22.9 Å². The molecule has 0 atom stereocenters. The van der Waals surface area contributed by atoms with Gasteiger partial charge in [-0.3, -0.25) is 10.1 Å². The number of anilines is 2. The van der Waals surface area contributed by atoms with Crippen LogP contribution in [0.1, 0.15) is 0 Å². The summed E-state index contributed by atoms with van der Waals surface area (Å²) in [5.74, 6) is 1.21. The lowest BCUT2D eigenvalue weighted by molar-refractivity contribution is -0.384. The minimum absolute atomic E-state index is 0.0982. The van der Waals surface area contributed by atoms with Crippen LogP contribution < -0.4 is 20.1 Å². The molecule has 0 spiro atoms. The molecule has 2 aromatic carbocycles. The number of nitro groups is 1. The third kappa shape index (κ3) is 4.24. The first kappa shape index (κ1) is 17.8. The molecule has 126 valence electrons. The second-order valence-electron chi connectivity index (χ2n) is 4.57. The first-order valence-corrected chi connectivity index (χ1v) is 7.47. The van der Waals surface area contributed by atoms with E-state index in [-0.39, 0.29) is 15.8 Å². The molecule has 0 fully saturated rings. The Bertz CT molecular complexity index is 785. The molecule has 7 nitrogen and oxygen atoms in total. The number of halogens is 1. The van der Waals surface area contributed by atoms with Crippen molar-refractivity contribution in [2.45, 2.75) is 0 Å². The number of ether oxygens (including phenoxy) is 2. The van der Waals surface area contributed by atoms with Crippen molar-refractivity contribution < 1.29 is 14.4 Å². The lowest BCUT2D eigenvalue weighted by Crippen LogP contribution is -2.19. The Kier molecular flexibility index (Phi) is 5.78. The minimum Gasteiger partial charge on any atom is -0.497 e. The van der Waals surface area contributed by atoms with Gasteiger partial charge in [0.25, 0.3) is 5.69 Å². The van der Waals surface area contributed by atoms with Gasteiger partial charge in [0.15, 0.2) is 5.11 Å². The van der Waals surface area contributed by atoms with Gasteiger partial charge >= 0.3 is 0 Å². The number of benzene rings is 2. The van der Waals surface area contributed by atoms with Crippen molar-refractivity contribution in [3.8, 4) is 11.5 Å². The first-order valence-electron chi connectivity index (χ1n) is 6.68. The van der Waals surface area contributed by atoms with Gasteiger partial charge in [0.05, 0.1) is 35.5 Å². The number of methoxy groups -OCH3 is 2. The fourth-order valence-electron chi connectivity index (χ4n) is 1.91. The molecule has 24 heavy (non-hydrogen) atoms. The zero-order valence-electron chi connectivity index (χ0n) is 12.8. The van der Waals surface area contributed by atoms with E-state index in [9.17, 15) is 10.1 Å². The summed E-state index contributed by atoms with van der Waals surface area (Å²) >= 11 is 11.3. The third-order valence-electron chi connectivity index (χ3n) is 3.07. The number of nitrogens with one attached hydrogen (secondary N) is 2. The monoisotopic (exact) mass is 367 g/mol. The highest BCUT2D eigenvalue weighted by atomic mass is 35.5. The quantitative estimate of drug-likeness (QED) is 0.468. The SMILES string of the molecule is COc1ccc(OC)c(NC(=S)Nc2ccc([N+](=O)[O-])cc2Cl)c1. The van der Waals surface area contributed by atoms with Crippen LogP contribution in [0.25, 0.3) is 0 Å². The van der Waals surface area contributed by atoms with Crippen LogP contribution in [0.2, 0.25) is 5.02 Å². The molecule has 2 N–H and O–H groups in total. The van der Waals surface area contributed by atoms with Crippen LogP contribution in [0.15, 0.2) is 36.4 Å². The number of hydrogen-bond donors (Lipinski definition) is 2. The average molecular weight is 368 g/mol. The predicted molar refractivity (Wildman–Crippen MR) is 97.5 cm³/mol. The van der Waals surface area contributed by atoms with Crippen LogP contribution in [0.3, 0.4) is 0 Å². The van der Waals surface area contributed by atoms with Crippen LogP contribution in [0, 0.1) is 10.1 Å². The molecule has 0 unspecified atom stereocenters. The van der Waals surface area contributed by atoms with E-state index in [1.54, 1.807) is 25.3 Å². The second kappa shape index (κ2) is 7.80. The number of thiocarbonyl (C=S) groups is 1. The second-order valence-corrected chi connectivity index (χ2v) is 5.38. The topological polar surface area (TPSA) is 85.7 Å². The Labute approximate surface area is 148 Å². The Balaban J connectivity index is 2.15. The van der Waals surface area contributed by atoms with Gasteiger partial charge < -0.3 is 20.1 Å². The molecule has 0 aliphatic rings. The molecule has 0 saturated carbocycles. The summed E-state index contributed by atoms with van der Waals surface area (Å²) in [5.41, 5.74) is 0.952. The average Bonchev–Trinajstić information content (AvgIpc) is 2.56. The molecular formula is C15H14ClN3O4S. The molecule has 9 heteroatoms. The van der Waals surface area contributed by atoms with Crippen LogP contribution in [-0.4, -0.2) is 24.3 Å². The third-order valence-corrected chi connectivity index (χ3v) is 3.58. The smallest absolute Gasteiger partial charge is 0.271 e. The lowest BCUT2D eigenvalue weighted by atomic mass is 10.2. The molecular weight excluding hydrogens is 354 g/mol. The van der Waals surface area contributed by atoms with Gasteiger partial charge in [-0.15, -0.1) is 0 Å². The number of non-ortho nitro benzene ring substituents is 1. The highest BCUT2D eigenvalue weighted by Gasteiger charge is 2.12. The van der Waals surface area contributed by atoms with E-state index in [4.69, 9.17) is 33.3 Å². The minimum atomic E-state index is -0.520. The number of hydrogen-bond acceptors (Lipinski definition) is 5. The summed E-state index contributed by atoms with van der Waals surface area (Å²) in [4.78, 5) is 10.2. The summed E-state index contributed by atoms with van der Waals surface area (Å²) in [6.45, 7) is 0. The predicted octanol–water partition coefficient (Wildman–Crippen LogP) is 4.07. The van der Waals surface area contributed by atoms with E-state index >= 15 is 0 Å². The summed E-state index contributed by atoms with van der Waals surface area (Å²) in [5, 5.41) is 17.0. The highest BCUT2D eigenvalue weighted by molar-refractivity contribution is 7.80. The molecule has 0 aromatic heterocycles. The summed E-state index contributed by atoms with van der Waals surface area (Å²) in [6.07, 6.45) is 0. The molecule has 0 bridgehead atoms. The zero-order chi connectivity index (χ0) is 17.7. The fourth-order valence-corrected chi connectivity index (χ4v) is 2.35. The van der Waals surface area contributed by atoms with E-state index in [1.807, 2.05) is 0 Å². The molecule has 0 saturated heterocycles. The lowest BCUT2D eigenvalue weighted by Gasteiger charge is -2.15. The van der Waals surface area contributed by atoms with Crippen molar-refractivity contribution in [2.75, 3.05) is 24.9 Å². The van der Waals surface area contributed by atoms with Crippen LogP contribution >= 0.6 is 23.8 Å². The number of nitro benzene ring substituents is 1. The summed E-state index contributed by atoms with van der Waals surface area (Å²) in [7, 11) is 3.09. The first-order chi connectivity index (χ1) is 11.4. The largest absolute Gasteiger partial charge is 0.497 e. The Morgan fingerprint density at radius 3 is 2.42 bits per heavy atom. The molecule has 2 rings (SSSR count).